The smallest absolute Gasteiger partial charge is 0.320 e. The fourth-order valence-electron chi connectivity index (χ4n) is 2.81. The molecule has 1 aliphatic heterocycles. The van der Waals surface area contributed by atoms with E-state index in [1.165, 1.54) is 6.07 Å². The lowest BCUT2D eigenvalue weighted by molar-refractivity contribution is -0.146. The summed E-state index contributed by atoms with van der Waals surface area (Å²) in [4.78, 5) is 37.6. The second-order valence-electron chi connectivity index (χ2n) is 5.39. The SMILES string of the molecule is O=C(O)C1C(=O)N(CCc2ccccc2)C(=O)c2ccccc21. The predicted molar refractivity (Wildman–Crippen MR) is 83.0 cm³/mol. The maximum absolute atomic E-state index is 12.5. The first-order valence-electron chi connectivity index (χ1n) is 7.31. The first-order valence-corrected chi connectivity index (χ1v) is 7.31. The Bertz CT molecular complexity index is 770. The third-order valence-corrected chi connectivity index (χ3v) is 3.97. The lowest BCUT2D eigenvalue weighted by Crippen LogP contribution is -2.47. The van der Waals surface area contributed by atoms with Crippen molar-refractivity contribution in [2.45, 2.75) is 12.3 Å². The highest BCUT2D eigenvalue weighted by Crippen LogP contribution is 2.29. The molecule has 1 heterocycles. The van der Waals surface area contributed by atoms with Crippen molar-refractivity contribution < 1.29 is 19.5 Å². The van der Waals surface area contributed by atoms with Gasteiger partial charge in [0, 0.05) is 12.1 Å². The van der Waals surface area contributed by atoms with Crippen LogP contribution in [0.5, 0.6) is 0 Å². The van der Waals surface area contributed by atoms with Gasteiger partial charge in [-0.15, -0.1) is 0 Å². The zero-order valence-corrected chi connectivity index (χ0v) is 12.3. The fourth-order valence-corrected chi connectivity index (χ4v) is 2.81. The van der Waals surface area contributed by atoms with Crippen LogP contribution in [0, 0.1) is 0 Å². The van der Waals surface area contributed by atoms with E-state index >= 15 is 0 Å². The Morgan fingerprint density at radius 2 is 1.65 bits per heavy atom. The molecule has 116 valence electrons. The molecule has 5 nitrogen and oxygen atoms in total. The highest BCUT2D eigenvalue weighted by Gasteiger charge is 2.42. The molecule has 0 aromatic heterocycles. The molecule has 1 unspecified atom stereocenters. The molecule has 1 N–H and O–H groups in total. The Labute approximate surface area is 133 Å². The summed E-state index contributed by atoms with van der Waals surface area (Å²) in [7, 11) is 0. The minimum Gasteiger partial charge on any atom is -0.480 e. The minimum atomic E-state index is -1.32. The number of carboxylic acid groups (broad SMARTS) is 1. The van der Waals surface area contributed by atoms with Crippen LogP contribution in [-0.4, -0.2) is 34.3 Å². The normalized spacial score (nSPS) is 17.0. The van der Waals surface area contributed by atoms with Crippen LogP contribution in [0.1, 0.15) is 27.4 Å². The third kappa shape index (κ3) is 2.73. The van der Waals surface area contributed by atoms with E-state index in [4.69, 9.17) is 0 Å². The van der Waals surface area contributed by atoms with Crippen LogP contribution in [0.15, 0.2) is 54.6 Å². The zero-order valence-electron chi connectivity index (χ0n) is 12.3. The lowest BCUT2D eigenvalue weighted by atomic mass is 9.88. The van der Waals surface area contributed by atoms with Crippen LogP contribution in [-0.2, 0) is 16.0 Å². The van der Waals surface area contributed by atoms with Crippen molar-refractivity contribution in [2.75, 3.05) is 6.54 Å². The molecule has 0 radical (unpaired) electrons. The molecule has 0 saturated carbocycles. The van der Waals surface area contributed by atoms with E-state index in [0.717, 1.165) is 10.5 Å². The number of carbonyl (C=O) groups excluding carboxylic acids is 2. The largest absolute Gasteiger partial charge is 0.480 e. The summed E-state index contributed by atoms with van der Waals surface area (Å²) in [5.41, 5.74) is 1.54. The van der Waals surface area contributed by atoms with Crippen molar-refractivity contribution >= 4 is 17.8 Å². The molecule has 2 amide bonds. The van der Waals surface area contributed by atoms with E-state index < -0.39 is 23.7 Å². The number of benzene rings is 2. The van der Waals surface area contributed by atoms with E-state index in [0.29, 0.717) is 6.42 Å². The van der Waals surface area contributed by atoms with E-state index in [2.05, 4.69) is 0 Å². The maximum Gasteiger partial charge on any atom is 0.320 e. The van der Waals surface area contributed by atoms with E-state index in [-0.39, 0.29) is 17.7 Å². The van der Waals surface area contributed by atoms with Crippen LogP contribution in [0.25, 0.3) is 0 Å². The Hall–Kier alpha value is -2.95. The van der Waals surface area contributed by atoms with Crippen LogP contribution < -0.4 is 0 Å². The molecule has 2 aromatic rings. The summed E-state index contributed by atoms with van der Waals surface area (Å²) < 4.78 is 0. The first kappa shape index (κ1) is 15.0. The topological polar surface area (TPSA) is 74.7 Å². The lowest BCUT2D eigenvalue weighted by Gasteiger charge is -2.30. The number of hydrogen-bond donors (Lipinski definition) is 1. The van der Waals surface area contributed by atoms with Gasteiger partial charge in [0.25, 0.3) is 5.91 Å². The van der Waals surface area contributed by atoms with Crippen LogP contribution in [0.3, 0.4) is 0 Å². The zero-order chi connectivity index (χ0) is 16.4. The Morgan fingerprint density at radius 1 is 1.00 bits per heavy atom. The molecule has 5 heteroatoms. The number of aliphatic carboxylic acids is 1. The van der Waals surface area contributed by atoms with Crippen molar-refractivity contribution in [3.05, 3.63) is 71.3 Å². The molecule has 23 heavy (non-hydrogen) atoms. The number of nitrogens with zero attached hydrogens (tertiary/aromatic N) is 1. The second-order valence-corrected chi connectivity index (χ2v) is 5.39. The molecular weight excluding hydrogens is 294 g/mol. The number of carbonyl (C=O) groups is 3. The summed E-state index contributed by atoms with van der Waals surface area (Å²) in [6.07, 6.45) is 0.493. The quantitative estimate of drug-likeness (QED) is 0.693. The number of carboxylic acids is 1. The molecule has 0 aliphatic carbocycles. The van der Waals surface area contributed by atoms with Crippen molar-refractivity contribution in [3.63, 3.8) is 0 Å². The van der Waals surface area contributed by atoms with Gasteiger partial charge >= 0.3 is 5.97 Å². The van der Waals surface area contributed by atoms with Gasteiger partial charge in [-0.2, -0.15) is 0 Å². The van der Waals surface area contributed by atoms with E-state index in [9.17, 15) is 19.5 Å². The van der Waals surface area contributed by atoms with Gasteiger partial charge in [-0.05, 0) is 23.6 Å². The summed E-state index contributed by atoms with van der Waals surface area (Å²) in [5.74, 6) is -3.66. The Morgan fingerprint density at radius 3 is 2.35 bits per heavy atom. The minimum absolute atomic E-state index is 0.166. The molecule has 0 fully saturated rings. The molecule has 3 rings (SSSR count). The average Bonchev–Trinajstić information content (AvgIpc) is 2.55. The monoisotopic (exact) mass is 309 g/mol. The van der Waals surface area contributed by atoms with Gasteiger partial charge in [-0.1, -0.05) is 48.5 Å². The molecular formula is C18H15NO4. The molecule has 0 spiro atoms. The van der Waals surface area contributed by atoms with Crippen molar-refractivity contribution in [1.82, 2.24) is 4.90 Å². The highest BCUT2D eigenvalue weighted by atomic mass is 16.4. The number of imide groups is 1. The standard InChI is InChI=1S/C18H15NO4/c20-16-14-9-5-4-8-13(14)15(18(22)23)17(21)19(16)11-10-12-6-2-1-3-7-12/h1-9,15H,10-11H2,(H,22,23). The third-order valence-electron chi connectivity index (χ3n) is 3.97. The summed E-state index contributed by atoms with van der Waals surface area (Å²) in [6, 6.07) is 15.8. The summed E-state index contributed by atoms with van der Waals surface area (Å²) in [6.45, 7) is 0.166. The first-order chi connectivity index (χ1) is 11.1. The maximum atomic E-state index is 12.5. The summed E-state index contributed by atoms with van der Waals surface area (Å²) in [5, 5.41) is 9.39. The molecule has 1 atom stereocenters. The van der Waals surface area contributed by atoms with Gasteiger partial charge in [0.1, 0.15) is 0 Å². The van der Waals surface area contributed by atoms with Crippen LogP contribution >= 0.6 is 0 Å². The van der Waals surface area contributed by atoms with Crippen molar-refractivity contribution in [1.29, 1.82) is 0 Å². The van der Waals surface area contributed by atoms with Gasteiger partial charge in [0.15, 0.2) is 5.92 Å². The number of fused-ring (bicyclic) bond motifs is 1. The fraction of sp³-hybridized carbons (Fsp3) is 0.167. The van der Waals surface area contributed by atoms with Gasteiger partial charge < -0.3 is 5.11 Å². The van der Waals surface area contributed by atoms with E-state index in [1.807, 2.05) is 30.3 Å². The number of rotatable bonds is 4. The Balaban J connectivity index is 1.91. The number of amides is 2. The second kappa shape index (κ2) is 6.04. The van der Waals surface area contributed by atoms with Gasteiger partial charge in [-0.25, -0.2) is 0 Å². The molecule has 1 aliphatic rings. The van der Waals surface area contributed by atoms with Gasteiger partial charge in [0.05, 0.1) is 0 Å². The van der Waals surface area contributed by atoms with Gasteiger partial charge in [0.2, 0.25) is 5.91 Å². The van der Waals surface area contributed by atoms with Gasteiger partial charge in [-0.3, -0.25) is 19.3 Å². The van der Waals surface area contributed by atoms with Crippen LogP contribution in [0.4, 0.5) is 0 Å². The number of hydrogen-bond acceptors (Lipinski definition) is 3. The van der Waals surface area contributed by atoms with Crippen LogP contribution in [0.2, 0.25) is 0 Å². The predicted octanol–water partition coefficient (Wildman–Crippen LogP) is 2.08. The summed E-state index contributed by atoms with van der Waals surface area (Å²) >= 11 is 0. The Kier molecular flexibility index (Phi) is 3.93. The average molecular weight is 309 g/mol. The van der Waals surface area contributed by atoms with Crippen molar-refractivity contribution in [3.8, 4) is 0 Å². The molecule has 0 bridgehead atoms. The highest BCUT2D eigenvalue weighted by molar-refractivity contribution is 6.17. The van der Waals surface area contributed by atoms with E-state index in [1.54, 1.807) is 18.2 Å². The molecule has 2 aromatic carbocycles. The van der Waals surface area contributed by atoms with Crippen molar-refractivity contribution in [2.24, 2.45) is 0 Å². The molecule has 0 saturated heterocycles.